The zero-order chi connectivity index (χ0) is 19.5. The van der Waals surface area contributed by atoms with Crippen molar-refractivity contribution in [3.63, 3.8) is 0 Å². The van der Waals surface area contributed by atoms with Gasteiger partial charge in [0.2, 0.25) is 11.8 Å². The van der Waals surface area contributed by atoms with E-state index in [-0.39, 0.29) is 24.2 Å². The number of methoxy groups -OCH3 is 1. The van der Waals surface area contributed by atoms with E-state index < -0.39 is 0 Å². The molecule has 1 aromatic carbocycles. The Morgan fingerprint density at radius 2 is 1.93 bits per heavy atom. The third kappa shape index (κ3) is 3.65. The minimum atomic E-state index is -0.292. The predicted octanol–water partition coefficient (Wildman–Crippen LogP) is 1.79. The summed E-state index contributed by atoms with van der Waals surface area (Å²) in [6.45, 7) is 3.23. The standard InChI is InChI=1S/C21H24N4O3/c1-28-18-6-4-5-17(14-18)25-15-16(13-20(25)26)21(27)24-11-9-23(10-12-24)19-7-2-3-8-22-19/h2-8,14,16H,9-13,15H2,1H3/t16-/m1/s1. The molecule has 0 spiro atoms. The number of pyridine rings is 1. The number of hydrogen-bond donors (Lipinski definition) is 0. The molecule has 1 atom stereocenters. The second-order valence-corrected chi connectivity index (χ2v) is 7.11. The summed E-state index contributed by atoms with van der Waals surface area (Å²) < 4.78 is 5.24. The van der Waals surface area contributed by atoms with Gasteiger partial charge in [-0.1, -0.05) is 12.1 Å². The summed E-state index contributed by atoms with van der Waals surface area (Å²) in [5.41, 5.74) is 0.777. The quantitative estimate of drug-likeness (QED) is 0.809. The van der Waals surface area contributed by atoms with E-state index in [1.165, 1.54) is 0 Å². The molecule has 0 radical (unpaired) electrons. The summed E-state index contributed by atoms with van der Waals surface area (Å²) in [7, 11) is 1.60. The Labute approximate surface area is 164 Å². The van der Waals surface area contributed by atoms with Crippen LogP contribution in [0.15, 0.2) is 48.7 Å². The number of hydrogen-bond acceptors (Lipinski definition) is 5. The molecule has 7 heteroatoms. The van der Waals surface area contributed by atoms with Gasteiger partial charge < -0.3 is 19.4 Å². The molecule has 0 saturated carbocycles. The molecule has 2 amide bonds. The number of carbonyl (C=O) groups excluding carboxylic acids is 2. The summed E-state index contributed by atoms with van der Waals surface area (Å²) in [6, 6.07) is 13.3. The van der Waals surface area contributed by atoms with Gasteiger partial charge in [0.25, 0.3) is 0 Å². The Kier molecular flexibility index (Phi) is 5.14. The number of piperazine rings is 1. The third-order valence-electron chi connectivity index (χ3n) is 5.40. The van der Waals surface area contributed by atoms with Crippen LogP contribution >= 0.6 is 0 Å². The molecule has 2 fully saturated rings. The van der Waals surface area contributed by atoms with Crippen LogP contribution in [0, 0.1) is 5.92 Å². The molecule has 2 aliphatic rings. The van der Waals surface area contributed by atoms with Crippen LogP contribution in [-0.2, 0) is 9.59 Å². The highest BCUT2D eigenvalue weighted by Crippen LogP contribution is 2.29. The Morgan fingerprint density at radius 1 is 1.11 bits per heavy atom. The first-order chi connectivity index (χ1) is 13.7. The summed E-state index contributed by atoms with van der Waals surface area (Å²) in [5.74, 6) is 1.40. The highest BCUT2D eigenvalue weighted by Gasteiger charge is 2.38. The fourth-order valence-electron chi connectivity index (χ4n) is 3.86. The lowest BCUT2D eigenvalue weighted by atomic mass is 10.1. The first-order valence-electron chi connectivity index (χ1n) is 9.55. The van der Waals surface area contributed by atoms with E-state index in [0.717, 1.165) is 24.6 Å². The monoisotopic (exact) mass is 380 g/mol. The normalized spacial score (nSPS) is 19.8. The molecule has 3 heterocycles. The average Bonchev–Trinajstić information content (AvgIpc) is 3.15. The minimum absolute atomic E-state index is 0.0151. The largest absolute Gasteiger partial charge is 0.497 e. The maximum Gasteiger partial charge on any atom is 0.228 e. The van der Waals surface area contributed by atoms with Crippen molar-refractivity contribution in [1.29, 1.82) is 0 Å². The van der Waals surface area contributed by atoms with E-state index in [4.69, 9.17) is 4.74 Å². The number of amides is 2. The van der Waals surface area contributed by atoms with Gasteiger partial charge >= 0.3 is 0 Å². The molecular weight excluding hydrogens is 356 g/mol. The van der Waals surface area contributed by atoms with E-state index in [2.05, 4.69) is 9.88 Å². The van der Waals surface area contributed by atoms with Crippen molar-refractivity contribution in [1.82, 2.24) is 9.88 Å². The van der Waals surface area contributed by atoms with Crippen LogP contribution < -0.4 is 14.5 Å². The van der Waals surface area contributed by atoms with Gasteiger partial charge in [-0.15, -0.1) is 0 Å². The molecule has 2 aromatic rings. The molecule has 0 N–H and O–H groups in total. The van der Waals surface area contributed by atoms with Crippen LogP contribution in [-0.4, -0.2) is 61.5 Å². The number of carbonyl (C=O) groups is 2. The molecule has 4 rings (SSSR count). The Bertz CT molecular complexity index is 850. The van der Waals surface area contributed by atoms with Gasteiger partial charge in [0, 0.05) is 57.1 Å². The number of benzene rings is 1. The molecular formula is C21H24N4O3. The molecule has 1 aromatic heterocycles. The maximum absolute atomic E-state index is 13.0. The van der Waals surface area contributed by atoms with Crippen LogP contribution in [0.3, 0.4) is 0 Å². The van der Waals surface area contributed by atoms with Crippen molar-refractivity contribution in [2.75, 3.05) is 49.6 Å². The van der Waals surface area contributed by atoms with Gasteiger partial charge in [-0.2, -0.15) is 0 Å². The molecule has 0 unspecified atom stereocenters. The van der Waals surface area contributed by atoms with Crippen molar-refractivity contribution in [3.8, 4) is 5.75 Å². The summed E-state index contributed by atoms with van der Waals surface area (Å²) >= 11 is 0. The van der Waals surface area contributed by atoms with Crippen molar-refractivity contribution in [3.05, 3.63) is 48.7 Å². The Hall–Kier alpha value is -3.09. The summed E-state index contributed by atoms with van der Waals surface area (Å²) in [6.07, 6.45) is 2.04. The number of aromatic nitrogens is 1. The van der Waals surface area contributed by atoms with Gasteiger partial charge in [-0.25, -0.2) is 4.98 Å². The van der Waals surface area contributed by atoms with Gasteiger partial charge in [0.15, 0.2) is 0 Å². The molecule has 2 saturated heterocycles. The van der Waals surface area contributed by atoms with E-state index >= 15 is 0 Å². The zero-order valence-electron chi connectivity index (χ0n) is 16.0. The highest BCUT2D eigenvalue weighted by molar-refractivity contribution is 6.00. The number of nitrogens with zero attached hydrogens (tertiary/aromatic N) is 4. The molecule has 0 bridgehead atoms. The lowest BCUT2D eigenvalue weighted by Gasteiger charge is -2.36. The van der Waals surface area contributed by atoms with Crippen molar-refractivity contribution >= 4 is 23.3 Å². The SMILES string of the molecule is COc1cccc(N2C[C@H](C(=O)N3CCN(c4ccccn4)CC3)CC2=O)c1. The van der Waals surface area contributed by atoms with Crippen molar-refractivity contribution in [2.45, 2.75) is 6.42 Å². The third-order valence-corrected chi connectivity index (χ3v) is 5.40. The second-order valence-electron chi connectivity index (χ2n) is 7.11. The zero-order valence-corrected chi connectivity index (χ0v) is 16.0. The van der Waals surface area contributed by atoms with Crippen LogP contribution in [0.25, 0.3) is 0 Å². The van der Waals surface area contributed by atoms with Gasteiger partial charge in [-0.3, -0.25) is 9.59 Å². The summed E-state index contributed by atoms with van der Waals surface area (Å²) in [5, 5.41) is 0. The Balaban J connectivity index is 1.37. The fourth-order valence-corrected chi connectivity index (χ4v) is 3.86. The number of rotatable bonds is 4. The predicted molar refractivity (Wildman–Crippen MR) is 106 cm³/mol. The topological polar surface area (TPSA) is 66.0 Å². The number of anilines is 2. The van der Waals surface area contributed by atoms with Crippen molar-refractivity contribution in [2.24, 2.45) is 5.92 Å². The second kappa shape index (κ2) is 7.88. The molecule has 0 aliphatic carbocycles. The lowest BCUT2D eigenvalue weighted by Crippen LogP contribution is -2.51. The average molecular weight is 380 g/mol. The Morgan fingerprint density at radius 3 is 2.64 bits per heavy atom. The smallest absolute Gasteiger partial charge is 0.228 e. The van der Waals surface area contributed by atoms with Gasteiger partial charge in [-0.05, 0) is 24.3 Å². The van der Waals surface area contributed by atoms with E-state index in [1.807, 2.05) is 47.4 Å². The van der Waals surface area contributed by atoms with Crippen LogP contribution in [0.1, 0.15) is 6.42 Å². The number of ether oxygens (including phenoxy) is 1. The molecule has 2 aliphatic heterocycles. The van der Waals surface area contributed by atoms with Crippen LogP contribution in [0.4, 0.5) is 11.5 Å². The molecule has 146 valence electrons. The van der Waals surface area contributed by atoms with Gasteiger partial charge in [0.1, 0.15) is 11.6 Å². The van der Waals surface area contributed by atoms with E-state index in [9.17, 15) is 9.59 Å². The van der Waals surface area contributed by atoms with Crippen molar-refractivity contribution < 1.29 is 14.3 Å². The maximum atomic E-state index is 13.0. The van der Waals surface area contributed by atoms with E-state index in [0.29, 0.717) is 25.4 Å². The first-order valence-corrected chi connectivity index (χ1v) is 9.55. The van der Waals surface area contributed by atoms with E-state index in [1.54, 1.807) is 18.2 Å². The molecule has 28 heavy (non-hydrogen) atoms. The summed E-state index contributed by atoms with van der Waals surface area (Å²) in [4.78, 5) is 35.6. The lowest BCUT2D eigenvalue weighted by molar-refractivity contribution is -0.136. The first kappa shape index (κ1) is 18.3. The van der Waals surface area contributed by atoms with Gasteiger partial charge in [0.05, 0.1) is 13.0 Å². The fraction of sp³-hybridized carbons (Fsp3) is 0.381. The van der Waals surface area contributed by atoms with Crippen LogP contribution in [0.5, 0.6) is 5.75 Å². The minimum Gasteiger partial charge on any atom is -0.497 e. The highest BCUT2D eigenvalue weighted by atomic mass is 16.5. The molecule has 7 nitrogen and oxygen atoms in total. The van der Waals surface area contributed by atoms with Crippen LogP contribution in [0.2, 0.25) is 0 Å².